The van der Waals surface area contributed by atoms with Crippen molar-refractivity contribution in [3.05, 3.63) is 24.2 Å². The lowest BCUT2D eigenvalue weighted by Gasteiger charge is -2.07. The van der Waals surface area contributed by atoms with Gasteiger partial charge in [0.15, 0.2) is 0 Å². The molecule has 0 aliphatic rings. The molecule has 0 aromatic carbocycles. The fourth-order valence-corrected chi connectivity index (χ4v) is 1.01. The smallest absolute Gasteiger partial charge is 0.320 e. The van der Waals surface area contributed by atoms with Gasteiger partial charge in [0.1, 0.15) is 5.76 Å². The molecule has 1 rings (SSSR count). The zero-order valence-electron chi connectivity index (χ0n) is 8.45. The monoisotopic (exact) mass is 197 g/mol. The van der Waals surface area contributed by atoms with Crippen molar-refractivity contribution in [2.45, 2.75) is 26.5 Å². The second-order valence-electron chi connectivity index (χ2n) is 3.22. The van der Waals surface area contributed by atoms with Gasteiger partial charge in [0.25, 0.3) is 0 Å². The summed E-state index contributed by atoms with van der Waals surface area (Å²) >= 11 is 0. The molecule has 0 aliphatic carbocycles. The van der Waals surface area contributed by atoms with Crippen LogP contribution in [0.2, 0.25) is 0 Å². The molecule has 0 atom stereocenters. The van der Waals surface area contributed by atoms with Crippen molar-refractivity contribution in [2.75, 3.05) is 6.54 Å². The number of rotatable bonds is 5. The van der Waals surface area contributed by atoms with E-state index in [1.54, 1.807) is 6.26 Å². The van der Waals surface area contributed by atoms with Crippen LogP contribution < -0.4 is 5.32 Å². The van der Waals surface area contributed by atoms with E-state index in [1.165, 1.54) is 0 Å². The second-order valence-corrected chi connectivity index (χ2v) is 3.22. The van der Waals surface area contributed by atoms with Gasteiger partial charge >= 0.3 is 5.97 Å². The first kappa shape index (κ1) is 10.8. The molecule has 0 bridgehead atoms. The standard InChI is InChI=1S/C10H15NO3/c1-8(2)14-10(12)7-11-6-9-4-3-5-13-9/h3-5,8,11H,6-7H2,1-2H3. The maximum atomic E-state index is 11.1. The van der Waals surface area contributed by atoms with Gasteiger partial charge in [-0.2, -0.15) is 0 Å². The molecule has 1 aromatic rings. The molecule has 0 amide bonds. The number of carbonyl (C=O) groups excluding carboxylic acids is 1. The Morgan fingerprint density at radius 2 is 2.43 bits per heavy atom. The maximum absolute atomic E-state index is 11.1. The molecule has 0 saturated carbocycles. The zero-order valence-corrected chi connectivity index (χ0v) is 8.45. The first-order valence-corrected chi connectivity index (χ1v) is 4.61. The van der Waals surface area contributed by atoms with Gasteiger partial charge in [-0.25, -0.2) is 0 Å². The minimum atomic E-state index is -0.244. The van der Waals surface area contributed by atoms with E-state index in [-0.39, 0.29) is 18.6 Å². The lowest BCUT2D eigenvalue weighted by Crippen LogP contribution is -2.26. The number of hydrogen-bond donors (Lipinski definition) is 1. The molecule has 0 radical (unpaired) electrons. The number of ether oxygens (including phenoxy) is 1. The van der Waals surface area contributed by atoms with E-state index in [1.807, 2.05) is 26.0 Å². The molecule has 0 saturated heterocycles. The Morgan fingerprint density at radius 3 is 3.00 bits per heavy atom. The van der Waals surface area contributed by atoms with Crippen molar-refractivity contribution in [1.29, 1.82) is 0 Å². The van der Waals surface area contributed by atoms with Gasteiger partial charge in [0.05, 0.1) is 25.5 Å². The molecule has 4 heteroatoms. The Morgan fingerprint density at radius 1 is 1.64 bits per heavy atom. The van der Waals surface area contributed by atoms with Crippen LogP contribution in [0.1, 0.15) is 19.6 Å². The first-order valence-electron chi connectivity index (χ1n) is 4.61. The SMILES string of the molecule is CC(C)OC(=O)CNCc1ccco1. The third kappa shape index (κ3) is 4.09. The quantitative estimate of drug-likeness (QED) is 0.723. The highest BCUT2D eigenvalue weighted by Gasteiger charge is 2.04. The first-order chi connectivity index (χ1) is 6.68. The van der Waals surface area contributed by atoms with Gasteiger partial charge < -0.3 is 9.15 Å². The molecule has 0 spiro atoms. The van der Waals surface area contributed by atoms with E-state index < -0.39 is 0 Å². The minimum Gasteiger partial charge on any atom is -0.468 e. The number of esters is 1. The third-order valence-corrected chi connectivity index (χ3v) is 1.52. The summed E-state index contributed by atoms with van der Waals surface area (Å²) in [6, 6.07) is 3.66. The van der Waals surface area contributed by atoms with Crippen molar-refractivity contribution in [1.82, 2.24) is 5.32 Å². The van der Waals surface area contributed by atoms with Crippen molar-refractivity contribution in [3.8, 4) is 0 Å². The fraction of sp³-hybridized carbons (Fsp3) is 0.500. The van der Waals surface area contributed by atoms with Gasteiger partial charge in [-0.05, 0) is 26.0 Å². The Kier molecular flexibility index (Phi) is 4.19. The van der Waals surface area contributed by atoms with E-state index in [4.69, 9.17) is 9.15 Å². The summed E-state index contributed by atoms with van der Waals surface area (Å²) in [7, 11) is 0. The summed E-state index contributed by atoms with van der Waals surface area (Å²) in [5.41, 5.74) is 0. The maximum Gasteiger partial charge on any atom is 0.320 e. The predicted octanol–water partition coefficient (Wildman–Crippen LogP) is 1.32. The molecule has 0 fully saturated rings. The molecule has 1 heterocycles. The van der Waals surface area contributed by atoms with Crippen LogP contribution in [0.4, 0.5) is 0 Å². The number of furan rings is 1. The largest absolute Gasteiger partial charge is 0.468 e. The van der Waals surface area contributed by atoms with Crippen LogP contribution in [0.15, 0.2) is 22.8 Å². The summed E-state index contributed by atoms with van der Waals surface area (Å²) in [6.45, 7) is 4.40. The van der Waals surface area contributed by atoms with Crippen LogP contribution in [0, 0.1) is 0 Å². The summed E-state index contributed by atoms with van der Waals surface area (Å²) < 4.78 is 10.0. The zero-order chi connectivity index (χ0) is 10.4. The van der Waals surface area contributed by atoms with Crippen molar-refractivity contribution < 1.29 is 13.9 Å². The van der Waals surface area contributed by atoms with Crippen LogP contribution in [-0.2, 0) is 16.1 Å². The predicted molar refractivity (Wildman–Crippen MR) is 51.6 cm³/mol. The highest BCUT2D eigenvalue weighted by Crippen LogP contribution is 1.98. The second kappa shape index (κ2) is 5.44. The highest BCUT2D eigenvalue weighted by atomic mass is 16.5. The molecule has 0 aliphatic heterocycles. The molecule has 78 valence electrons. The van der Waals surface area contributed by atoms with Gasteiger partial charge in [-0.1, -0.05) is 0 Å². The molecule has 14 heavy (non-hydrogen) atoms. The van der Waals surface area contributed by atoms with Crippen LogP contribution in [0.5, 0.6) is 0 Å². The van der Waals surface area contributed by atoms with E-state index in [2.05, 4.69) is 5.32 Å². The van der Waals surface area contributed by atoms with Gasteiger partial charge in [0.2, 0.25) is 0 Å². The van der Waals surface area contributed by atoms with E-state index >= 15 is 0 Å². The molecule has 1 aromatic heterocycles. The summed E-state index contributed by atoms with van der Waals surface area (Å²) in [4.78, 5) is 11.1. The molecule has 0 unspecified atom stereocenters. The number of nitrogens with one attached hydrogen (secondary N) is 1. The summed E-state index contributed by atoms with van der Waals surface area (Å²) in [5.74, 6) is 0.564. The van der Waals surface area contributed by atoms with Gasteiger partial charge in [0, 0.05) is 0 Å². The van der Waals surface area contributed by atoms with Crippen LogP contribution >= 0.6 is 0 Å². The Balaban J connectivity index is 2.12. The van der Waals surface area contributed by atoms with E-state index in [9.17, 15) is 4.79 Å². The minimum absolute atomic E-state index is 0.0621. The molecular weight excluding hydrogens is 182 g/mol. The van der Waals surface area contributed by atoms with Crippen LogP contribution in [0.3, 0.4) is 0 Å². The third-order valence-electron chi connectivity index (χ3n) is 1.52. The lowest BCUT2D eigenvalue weighted by atomic mass is 10.4. The van der Waals surface area contributed by atoms with Crippen molar-refractivity contribution >= 4 is 5.97 Å². The lowest BCUT2D eigenvalue weighted by molar-refractivity contribution is -0.146. The number of hydrogen-bond acceptors (Lipinski definition) is 4. The van der Waals surface area contributed by atoms with Gasteiger partial charge in [-0.3, -0.25) is 10.1 Å². The van der Waals surface area contributed by atoms with Crippen molar-refractivity contribution in [3.63, 3.8) is 0 Å². The summed E-state index contributed by atoms with van der Waals surface area (Å²) in [5, 5.41) is 2.92. The average molecular weight is 197 g/mol. The van der Waals surface area contributed by atoms with Gasteiger partial charge in [-0.15, -0.1) is 0 Å². The van der Waals surface area contributed by atoms with Crippen LogP contribution in [0.25, 0.3) is 0 Å². The van der Waals surface area contributed by atoms with Crippen molar-refractivity contribution in [2.24, 2.45) is 0 Å². The Hall–Kier alpha value is -1.29. The van der Waals surface area contributed by atoms with Crippen LogP contribution in [-0.4, -0.2) is 18.6 Å². The molecular formula is C10H15NO3. The number of carbonyl (C=O) groups is 1. The summed E-state index contributed by atoms with van der Waals surface area (Å²) in [6.07, 6.45) is 1.54. The van der Waals surface area contributed by atoms with E-state index in [0.29, 0.717) is 6.54 Å². The Labute approximate surface area is 83.2 Å². The Bertz CT molecular complexity index is 267. The fourth-order valence-electron chi connectivity index (χ4n) is 1.01. The normalized spacial score (nSPS) is 10.5. The highest BCUT2D eigenvalue weighted by molar-refractivity contribution is 5.71. The molecule has 4 nitrogen and oxygen atoms in total. The molecule has 1 N–H and O–H groups in total. The van der Waals surface area contributed by atoms with E-state index in [0.717, 1.165) is 5.76 Å². The topological polar surface area (TPSA) is 51.5 Å². The average Bonchev–Trinajstić information content (AvgIpc) is 2.55.